The van der Waals surface area contributed by atoms with Crippen LogP contribution in [0.1, 0.15) is 25.3 Å². The molecule has 0 fully saturated rings. The van der Waals surface area contributed by atoms with E-state index in [2.05, 4.69) is 55.6 Å². The lowest BCUT2D eigenvalue weighted by Gasteiger charge is -2.01. The first kappa shape index (κ1) is 11.3. The molecule has 0 saturated heterocycles. The largest absolute Gasteiger partial charge is 0.0973 e. The third kappa shape index (κ3) is 4.42. The molecule has 0 amide bonds. The summed E-state index contributed by atoms with van der Waals surface area (Å²) in [7, 11) is -0.570. The molecule has 1 atom stereocenters. The second-order valence-corrected chi connectivity index (χ2v) is 6.81. The summed E-state index contributed by atoms with van der Waals surface area (Å²) < 4.78 is 0. The maximum Gasteiger partial charge on any atom is 0.0584 e. The van der Waals surface area contributed by atoms with Crippen LogP contribution < -0.4 is 0 Å². The first-order valence-electron chi connectivity index (χ1n) is 5.56. The predicted molar refractivity (Wildman–Crippen MR) is 68.2 cm³/mol. The molecule has 1 aromatic carbocycles. The van der Waals surface area contributed by atoms with Crippen LogP contribution in [0, 0.1) is 0 Å². The van der Waals surface area contributed by atoms with Crippen molar-refractivity contribution in [2.75, 3.05) is 0 Å². The molecule has 1 unspecified atom stereocenters. The molecule has 0 aliphatic heterocycles. The number of unbranched alkanes of at least 4 members (excludes halogenated alkanes) is 1. The summed E-state index contributed by atoms with van der Waals surface area (Å²) in [5.41, 5.74) is 3.79. The van der Waals surface area contributed by atoms with Crippen molar-refractivity contribution in [1.82, 2.24) is 0 Å². The van der Waals surface area contributed by atoms with E-state index in [9.17, 15) is 0 Å². The molecule has 0 spiro atoms. The monoisotopic (exact) mass is 204 g/mol. The van der Waals surface area contributed by atoms with Gasteiger partial charge in [0, 0.05) is 0 Å². The lowest BCUT2D eigenvalue weighted by molar-refractivity contribution is 0.876. The van der Waals surface area contributed by atoms with Gasteiger partial charge in [0.1, 0.15) is 0 Å². The molecule has 1 heteroatoms. The van der Waals surface area contributed by atoms with Crippen molar-refractivity contribution in [1.29, 1.82) is 0 Å². The molecule has 0 N–H and O–H groups in total. The van der Waals surface area contributed by atoms with Crippen LogP contribution >= 0.6 is 0 Å². The molecular weight excluding hydrogens is 184 g/mol. The Morgan fingerprint density at radius 1 is 1.21 bits per heavy atom. The first-order chi connectivity index (χ1) is 6.83. The van der Waals surface area contributed by atoms with E-state index in [1.165, 1.54) is 24.4 Å². The maximum atomic E-state index is 2.45. The molecule has 76 valence electrons. The maximum absolute atomic E-state index is 2.45. The first-order valence-corrected chi connectivity index (χ1v) is 8.20. The highest BCUT2D eigenvalue weighted by Gasteiger charge is 1.96. The molecule has 0 saturated carbocycles. The quantitative estimate of drug-likeness (QED) is 0.638. The van der Waals surface area contributed by atoms with E-state index < -0.39 is 8.80 Å². The molecule has 14 heavy (non-hydrogen) atoms. The van der Waals surface area contributed by atoms with Gasteiger partial charge >= 0.3 is 0 Å². The molecular formula is C13H20Si. The van der Waals surface area contributed by atoms with Crippen molar-refractivity contribution in [3.05, 3.63) is 41.6 Å². The van der Waals surface area contributed by atoms with Crippen LogP contribution in [-0.2, 0) is 0 Å². The Morgan fingerprint density at radius 2 is 1.93 bits per heavy atom. The fourth-order valence-corrected chi connectivity index (χ4v) is 3.26. The van der Waals surface area contributed by atoms with Gasteiger partial charge in [-0.15, -0.1) is 0 Å². The van der Waals surface area contributed by atoms with E-state index in [0.717, 1.165) is 0 Å². The van der Waals surface area contributed by atoms with Crippen LogP contribution in [0.2, 0.25) is 12.6 Å². The fraction of sp³-hybridized carbons (Fsp3) is 0.385. The second-order valence-electron chi connectivity index (χ2n) is 3.89. The Kier molecular flexibility index (Phi) is 5.31. The number of benzene rings is 1. The summed E-state index contributed by atoms with van der Waals surface area (Å²) in [5, 5.41) is 0. The Morgan fingerprint density at radius 3 is 2.57 bits per heavy atom. The SMILES string of the molecule is CCCC[SiH](C)C=Cc1ccccc1. The lowest BCUT2D eigenvalue weighted by Crippen LogP contribution is -2.01. The predicted octanol–water partition coefficient (Wildman–Crippen LogP) is 3.90. The van der Waals surface area contributed by atoms with Crippen molar-refractivity contribution in [2.24, 2.45) is 0 Å². The van der Waals surface area contributed by atoms with E-state index in [-0.39, 0.29) is 0 Å². The molecule has 0 bridgehead atoms. The third-order valence-corrected chi connectivity index (χ3v) is 4.60. The van der Waals surface area contributed by atoms with Crippen LogP contribution in [0.4, 0.5) is 0 Å². The molecule has 0 radical (unpaired) electrons. The summed E-state index contributed by atoms with van der Waals surface area (Å²) in [6, 6.07) is 12.0. The van der Waals surface area contributed by atoms with Gasteiger partial charge in [-0.1, -0.05) is 74.5 Å². The second kappa shape index (κ2) is 6.60. The van der Waals surface area contributed by atoms with Crippen molar-refractivity contribution in [3.63, 3.8) is 0 Å². The van der Waals surface area contributed by atoms with Gasteiger partial charge in [-0.25, -0.2) is 0 Å². The van der Waals surface area contributed by atoms with Crippen LogP contribution in [0.5, 0.6) is 0 Å². The Bertz CT molecular complexity index is 264. The van der Waals surface area contributed by atoms with E-state index in [1.807, 2.05) is 0 Å². The fourth-order valence-electron chi connectivity index (χ4n) is 1.46. The zero-order chi connectivity index (χ0) is 10.2. The highest BCUT2D eigenvalue weighted by atomic mass is 28.3. The molecule has 0 aliphatic carbocycles. The van der Waals surface area contributed by atoms with Gasteiger partial charge in [0.15, 0.2) is 0 Å². The molecule has 0 nitrogen and oxygen atoms in total. The van der Waals surface area contributed by atoms with Crippen molar-refractivity contribution in [3.8, 4) is 0 Å². The minimum absolute atomic E-state index is 0.570. The summed E-state index contributed by atoms with van der Waals surface area (Å²) in [5.74, 6) is 0. The Balaban J connectivity index is 2.39. The van der Waals surface area contributed by atoms with Gasteiger partial charge in [-0.3, -0.25) is 0 Å². The summed E-state index contributed by atoms with van der Waals surface area (Å²) >= 11 is 0. The minimum Gasteiger partial charge on any atom is -0.0973 e. The van der Waals surface area contributed by atoms with Gasteiger partial charge in [-0.05, 0) is 5.56 Å². The zero-order valence-electron chi connectivity index (χ0n) is 9.24. The molecule has 0 heterocycles. The number of hydrogen-bond donors (Lipinski definition) is 0. The highest BCUT2D eigenvalue weighted by molar-refractivity contribution is 6.63. The van der Waals surface area contributed by atoms with Gasteiger partial charge < -0.3 is 0 Å². The van der Waals surface area contributed by atoms with Gasteiger partial charge in [0.25, 0.3) is 0 Å². The van der Waals surface area contributed by atoms with Gasteiger partial charge in [0.05, 0.1) is 8.80 Å². The van der Waals surface area contributed by atoms with Crippen molar-refractivity contribution >= 4 is 14.9 Å². The van der Waals surface area contributed by atoms with Crippen molar-refractivity contribution in [2.45, 2.75) is 32.4 Å². The van der Waals surface area contributed by atoms with Crippen LogP contribution in [0.25, 0.3) is 6.08 Å². The molecule has 0 aromatic heterocycles. The minimum atomic E-state index is -0.570. The van der Waals surface area contributed by atoms with Crippen LogP contribution in [0.15, 0.2) is 36.0 Å². The van der Waals surface area contributed by atoms with E-state index in [1.54, 1.807) is 0 Å². The third-order valence-electron chi connectivity index (χ3n) is 2.43. The highest BCUT2D eigenvalue weighted by Crippen LogP contribution is 2.06. The average molecular weight is 204 g/mol. The Labute approximate surface area is 89.3 Å². The van der Waals surface area contributed by atoms with E-state index in [4.69, 9.17) is 0 Å². The molecule has 1 aromatic rings. The standard InChI is InChI=1S/C13H20Si/c1-3-4-11-14(2)12-10-13-8-6-5-7-9-13/h5-10,12,14H,3-4,11H2,1-2H3. The smallest absolute Gasteiger partial charge is 0.0584 e. The average Bonchev–Trinajstić information content (AvgIpc) is 2.25. The number of hydrogen-bond acceptors (Lipinski definition) is 0. The van der Waals surface area contributed by atoms with Crippen LogP contribution in [0.3, 0.4) is 0 Å². The van der Waals surface area contributed by atoms with Crippen LogP contribution in [-0.4, -0.2) is 8.80 Å². The molecule has 1 rings (SSSR count). The zero-order valence-corrected chi connectivity index (χ0v) is 10.4. The number of rotatable bonds is 5. The summed E-state index contributed by atoms with van der Waals surface area (Å²) in [6.45, 7) is 4.69. The van der Waals surface area contributed by atoms with Gasteiger partial charge in [-0.2, -0.15) is 0 Å². The molecule has 0 aliphatic rings. The topological polar surface area (TPSA) is 0 Å². The van der Waals surface area contributed by atoms with E-state index in [0.29, 0.717) is 0 Å². The van der Waals surface area contributed by atoms with Gasteiger partial charge in [0.2, 0.25) is 0 Å². The summed E-state index contributed by atoms with van der Waals surface area (Å²) in [4.78, 5) is 0. The van der Waals surface area contributed by atoms with E-state index >= 15 is 0 Å². The lowest BCUT2D eigenvalue weighted by atomic mass is 10.2. The summed E-state index contributed by atoms with van der Waals surface area (Å²) in [6.07, 6.45) is 5.01. The normalized spacial score (nSPS) is 13.3. The van der Waals surface area contributed by atoms with Crippen molar-refractivity contribution < 1.29 is 0 Å². The Hall–Kier alpha value is -0.823.